The summed E-state index contributed by atoms with van der Waals surface area (Å²) in [4.78, 5) is 12.3. The van der Waals surface area contributed by atoms with Crippen molar-refractivity contribution in [3.05, 3.63) is 59.2 Å². The molecule has 0 aromatic heterocycles. The average Bonchev–Trinajstić information content (AvgIpc) is 3.02. The third-order valence-corrected chi connectivity index (χ3v) is 4.36. The summed E-state index contributed by atoms with van der Waals surface area (Å²) < 4.78 is 11.2. The largest absolute Gasteiger partial charge is 0.493 e. The number of para-hydroxylation sites is 1. The second kappa shape index (κ2) is 5.95. The van der Waals surface area contributed by atoms with Crippen molar-refractivity contribution in [2.45, 2.75) is 25.3 Å². The predicted molar refractivity (Wildman–Crippen MR) is 86.9 cm³/mol. The molecule has 2 aromatic rings. The van der Waals surface area contributed by atoms with Gasteiger partial charge in [-0.1, -0.05) is 30.3 Å². The lowest BCUT2D eigenvalue weighted by Crippen LogP contribution is -2.43. The lowest BCUT2D eigenvalue weighted by molar-refractivity contribution is -0.121. The molecule has 0 fully saturated rings. The fourth-order valence-electron chi connectivity index (χ4n) is 3.23. The zero-order valence-electron chi connectivity index (χ0n) is 12.9. The number of hydrogen-bond donors (Lipinski definition) is 1. The molecule has 2 aliphatic heterocycles. The molecular formula is C19H19NO3. The zero-order chi connectivity index (χ0) is 15.6. The number of rotatable bonds is 3. The summed E-state index contributed by atoms with van der Waals surface area (Å²) in [7, 11) is 0. The van der Waals surface area contributed by atoms with Crippen molar-refractivity contribution in [2.75, 3.05) is 13.2 Å². The Labute approximate surface area is 135 Å². The fourth-order valence-corrected chi connectivity index (χ4v) is 3.23. The molecular weight excluding hydrogens is 290 g/mol. The van der Waals surface area contributed by atoms with E-state index in [-0.39, 0.29) is 11.9 Å². The molecule has 0 unspecified atom stereocenters. The number of ether oxygens (including phenoxy) is 2. The number of carbonyl (C=O) groups is 1. The number of benzene rings is 2. The first kappa shape index (κ1) is 14.1. The van der Waals surface area contributed by atoms with Gasteiger partial charge in [-0.2, -0.15) is 0 Å². The third-order valence-electron chi connectivity index (χ3n) is 4.36. The second-order valence-electron chi connectivity index (χ2n) is 6.10. The molecule has 1 atom stereocenters. The number of nitrogens with one attached hydrogen (secondary N) is 1. The van der Waals surface area contributed by atoms with Crippen LogP contribution in [0.25, 0.3) is 0 Å². The first-order valence-electron chi connectivity index (χ1n) is 8.02. The topological polar surface area (TPSA) is 47.6 Å². The van der Waals surface area contributed by atoms with Gasteiger partial charge >= 0.3 is 0 Å². The van der Waals surface area contributed by atoms with Crippen LogP contribution in [0.1, 0.15) is 16.7 Å². The van der Waals surface area contributed by atoms with Gasteiger partial charge in [0.1, 0.15) is 18.1 Å². The summed E-state index contributed by atoms with van der Waals surface area (Å²) in [5, 5.41) is 3.08. The minimum atomic E-state index is 0.0372. The molecule has 4 heteroatoms. The molecule has 23 heavy (non-hydrogen) atoms. The van der Waals surface area contributed by atoms with Crippen molar-refractivity contribution in [2.24, 2.45) is 0 Å². The van der Waals surface area contributed by atoms with Gasteiger partial charge < -0.3 is 14.8 Å². The normalized spacial score (nSPS) is 18.3. The molecule has 2 aliphatic rings. The highest BCUT2D eigenvalue weighted by Gasteiger charge is 2.21. The van der Waals surface area contributed by atoms with Gasteiger partial charge in [-0.25, -0.2) is 0 Å². The van der Waals surface area contributed by atoms with Crippen LogP contribution in [0.4, 0.5) is 0 Å². The number of carbonyl (C=O) groups excluding carboxylic acids is 1. The number of hydrogen-bond acceptors (Lipinski definition) is 3. The van der Waals surface area contributed by atoms with E-state index in [1.165, 1.54) is 5.56 Å². The summed E-state index contributed by atoms with van der Waals surface area (Å²) in [6.07, 6.45) is 2.14. The Balaban J connectivity index is 1.37. The molecule has 1 N–H and O–H groups in total. The minimum absolute atomic E-state index is 0.0372. The van der Waals surface area contributed by atoms with Crippen LogP contribution in [0.5, 0.6) is 11.5 Å². The Morgan fingerprint density at radius 3 is 2.91 bits per heavy atom. The van der Waals surface area contributed by atoms with Crippen molar-refractivity contribution in [1.29, 1.82) is 0 Å². The van der Waals surface area contributed by atoms with Crippen molar-refractivity contribution in [3.63, 3.8) is 0 Å². The van der Waals surface area contributed by atoms with Crippen molar-refractivity contribution in [1.82, 2.24) is 5.32 Å². The molecule has 0 spiro atoms. The van der Waals surface area contributed by atoms with Crippen LogP contribution in [0.15, 0.2) is 42.5 Å². The molecule has 0 saturated heterocycles. The first-order valence-corrected chi connectivity index (χ1v) is 8.02. The van der Waals surface area contributed by atoms with E-state index in [2.05, 4.69) is 11.4 Å². The Morgan fingerprint density at radius 2 is 1.96 bits per heavy atom. The number of fused-ring (bicyclic) bond motifs is 2. The molecule has 2 aromatic carbocycles. The Morgan fingerprint density at radius 1 is 1.09 bits per heavy atom. The molecule has 0 aliphatic carbocycles. The summed E-state index contributed by atoms with van der Waals surface area (Å²) in [6, 6.07) is 14.0. The van der Waals surface area contributed by atoms with Gasteiger partial charge in [-0.05, 0) is 35.2 Å². The zero-order valence-corrected chi connectivity index (χ0v) is 12.9. The van der Waals surface area contributed by atoms with E-state index >= 15 is 0 Å². The molecule has 1 amide bonds. The lowest BCUT2D eigenvalue weighted by atomic mass is 10.0. The summed E-state index contributed by atoms with van der Waals surface area (Å²) in [5.41, 5.74) is 3.38. The maximum Gasteiger partial charge on any atom is 0.224 e. The first-order chi connectivity index (χ1) is 11.3. The van der Waals surface area contributed by atoms with Crippen LogP contribution >= 0.6 is 0 Å². The molecule has 0 bridgehead atoms. The van der Waals surface area contributed by atoms with Crippen LogP contribution in [0.3, 0.4) is 0 Å². The molecule has 4 rings (SSSR count). The van der Waals surface area contributed by atoms with E-state index in [1.54, 1.807) is 0 Å². The van der Waals surface area contributed by atoms with E-state index in [4.69, 9.17) is 9.47 Å². The van der Waals surface area contributed by atoms with Crippen LogP contribution in [-0.2, 0) is 24.1 Å². The second-order valence-corrected chi connectivity index (χ2v) is 6.10. The van der Waals surface area contributed by atoms with Gasteiger partial charge in [-0.15, -0.1) is 0 Å². The molecule has 0 saturated carbocycles. The van der Waals surface area contributed by atoms with Gasteiger partial charge in [-0.3, -0.25) is 4.79 Å². The quantitative estimate of drug-likeness (QED) is 0.946. The van der Waals surface area contributed by atoms with E-state index < -0.39 is 0 Å². The monoisotopic (exact) mass is 309 g/mol. The minimum Gasteiger partial charge on any atom is -0.493 e. The highest BCUT2D eigenvalue weighted by molar-refractivity contribution is 5.79. The van der Waals surface area contributed by atoms with Gasteiger partial charge in [0.2, 0.25) is 5.91 Å². The van der Waals surface area contributed by atoms with E-state index in [0.717, 1.165) is 42.1 Å². The average molecular weight is 309 g/mol. The van der Waals surface area contributed by atoms with Crippen LogP contribution in [-0.4, -0.2) is 25.2 Å². The smallest absolute Gasteiger partial charge is 0.224 e. The standard InChI is InChI=1S/C19H19NO3/c21-19(10-13-5-6-18-15(9-13)7-8-22-18)20-16-11-14-3-1-2-4-17(14)23-12-16/h1-6,9,16H,7-8,10-12H2,(H,20,21)/t16-/m0/s1. The van der Waals surface area contributed by atoms with Crippen LogP contribution in [0.2, 0.25) is 0 Å². The maximum atomic E-state index is 12.3. The maximum absolute atomic E-state index is 12.3. The Kier molecular flexibility index (Phi) is 3.66. The highest BCUT2D eigenvalue weighted by Crippen LogP contribution is 2.26. The molecule has 4 nitrogen and oxygen atoms in total. The predicted octanol–water partition coefficient (Wildman–Crippen LogP) is 2.28. The van der Waals surface area contributed by atoms with E-state index in [9.17, 15) is 4.79 Å². The van der Waals surface area contributed by atoms with Crippen molar-refractivity contribution >= 4 is 5.91 Å². The molecule has 0 radical (unpaired) electrons. The SMILES string of the molecule is O=C(Cc1ccc2c(c1)CCO2)N[C@@H]1COc2ccccc2C1. The summed E-state index contributed by atoms with van der Waals surface area (Å²) in [5.74, 6) is 1.92. The Hall–Kier alpha value is -2.49. The fraction of sp³-hybridized carbons (Fsp3) is 0.316. The molecule has 2 heterocycles. The summed E-state index contributed by atoms with van der Waals surface area (Å²) >= 11 is 0. The highest BCUT2D eigenvalue weighted by atomic mass is 16.5. The van der Waals surface area contributed by atoms with Gasteiger partial charge in [0, 0.05) is 6.42 Å². The lowest BCUT2D eigenvalue weighted by Gasteiger charge is -2.26. The van der Waals surface area contributed by atoms with Crippen LogP contribution in [0, 0.1) is 0 Å². The molecule has 118 valence electrons. The Bertz CT molecular complexity index is 741. The van der Waals surface area contributed by atoms with Gasteiger partial charge in [0.25, 0.3) is 0 Å². The van der Waals surface area contributed by atoms with Crippen LogP contribution < -0.4 is 14.8 Å². The summed E-state index contributed by atoms with van der Waals surface area (Å²) in [6.45, 7) is 1.27. The van der Waals surface area contributed by atoms with Crippen molar-refractivity contribution in [3.8, 4) is 11.5 Å². The van der Waals surface area contributed by atoms with E-state index in [0.29, 0.717) is 13.0 Å². The van der Waals surface area contributed by atoms with Gasteiger partial charge in [0.15, 0.2) is 0 Å². The third kappa shape index (κ3) is 3.02. The van der Waals surface area contributed by atoms with Crippen molar-refractivity contribution < 1.29 is 14.3 Å². The van der Waals surface area contributed by atoms with Gasteiger partial charge in [0.05, 0.1) is 19.1 Å². The van der Waals surface area contributed by atoms with E-state index in [1.807, 2.05) is 36.4 Å². The number of amides is 1.